The molecule has 6 aromatic rings. The van der Waals surface area contributed by atoms with Crippen molar-refractivity contribution in [2.24, 2.45) is 0 Å². The Morgan fingerprint density at radius 2 is 0.965 bits per heavy atom. The van der Waals surface area contributed by atoms with E-state index in [1.54, 1.807) is 23.0 Å². The molecule has 2 aromatic carbocycles. The molecule has 12 rings (SSSR count). The molecule has 2 aliphatic carbocycles. The van der Waals surface area contributed by atoms with E-state index in [-0.39, 0.29) is 63.1 Å². The highest BCUT2D eigenvalue weighted by atomic mass is 16.3. The summed E-state index contributed by atoms with van der Waals surface area (Å²) in [4.78, 5) is 105. The largest absolute Gasteiger partial charge is 0.394 e. The van der Waals surface area contributed by atoms with Gasteiger partial charge in [0.25, 0.3) is 11.8 Å². The summed E-state index contributed by atoms with van der Waals surface area (Å²) in [6, 6.07) is 12.4. The number of benzene rings is 2. The molecule has 6 fully saturated rings. The van der Waals surface area contributed by atoms with Gasteiger partial charge >= 0.3 is 18.1 Å². The second kappa shape index (κ2) is 24.2. The fourth-order valence-corrected chi connectivity index (χ4v) is 13.1. The van der Waals surface area contributed by atoms with Gasteiger partial charge in [-0.3, -0.25) is 19.4 Å². The first kappa shape index (κ1) is 58.1. The number of aliphatic hydroxyl groups is 6. The van der Waals surface area contributed by atoms with E-state index in [4.69, 9.17) is 19.9 Å². The Balaban J connectivity index is 0.757. The number of likely N-dealkylation sites (N-methyl/N-ethyl adjacent to an activating group) is 2. The number of nitrogens with one attached hydrogen (secondary N) is 4. The molecule has 29 nitrogen and oxygen atoms in total. The molecule has 12 atom stereocenters. The van der Waals surface area contributed by atoms with Gasteiger partial charge in [-0.25, -0.2) is 24.4 Å². The van der Waals surface area contributed by atoms with E-state index in [2.05, 4.69) is 31.2 Å². The molecule has 29 heteroatoms. The first-order chi connectivity index (χ1) is 41.6. The number of imidazole rings is 2. The summed E-state index contributed by atoms with van der Waals surface area (Å²) in [6.45, 7) is 4.88. The SMILES string of the molecule is CCN1CC(=O)N([C@H]2C[C@@H](n3cnc4c(N[C@H](CO)Cc5ccccc5)nc(N5CC[C@@H](NC(=O)N[C@@H]6CCN(c7nc(N[C@H](CO)Cc8ccccc8)c8ncn([C@@H]9C[C@H](N%10C(=O)CN(CC)C%10=O)[C@@H](O)[C@H]9O)c8n7)C6)C5)nc43)[C@H](O)[C@@H]2O)C1=O. The lowest BCUT2D eigenvalue weighted by atomic mass is 10.1. The maximum atomic E-state index is 13.9. The second-order valence-corrected chi connectivity index (χ2v) is 23.1. The fourth-order valence-electron chi connectivity index (χ4n) is 13.1. The van der Waals surface area contributed by atoms with Gasteiger partial charge in [-0.1, -0.05) is 60.7 Å². The number of urea groups is 3. The molecule has 6 aliphatic rings. The van der Waals surface area contributed by atoms with Crippen LogP contribution in [0.2, 0.25) is 0 Å². The van der Waals surface area contributed by atoms with Gasteiger partial charge in [-0.2, -0.15) is 19.9 Å². The predicted octanol–water partition coefficient (Wildman–Crippen LogP) is -0.208. The third-order valence-corrected chi connectivity index (χ3v) is 17.7. The molecule has 0 spiro atoms. The van der Waals surface area contributed by atoms with Crippen LogP contribution in [0.25, 0.3) is 22.3 Å². The number of carbonyl (C=O) groups excluding carboxylic acids is 5. The third kappa shape index (κ3) is 11.0. The minimum absolute atomic E-state index is 0.0267. The Morgan fingerprint density at radius 1 is 0.570 bits per heavy atom. The molecule has 456 valence electrons. The summed E-state index contributed by atoms with van der Waals surface area (Å²) in [5, 5.41) is 80.2. The van der Waals surface area contributed by atoms with Crippen molar-refractivity contribution in [3.63, 3.8) is 0 Å². The molecule has 0 bridgehead atoms. The molecule has 10 N–H and O–H groups in total. The molecule has 0 unspecified atom stereocenters. The summed E-state index contributed by atoms with van der Waals surface area (Å²) >= 11 is 0. The standard InChI is InChI=1S/C57H72N18O11/c1-3-68-25-41(78)74(56(68)85)39-21-37(45(80)47(39)82)72-29-58-43-49(60-35(27-76)19-31-11-7-5-8-12-31)64-53(66-51(43)72)70-17-15-33(23-70)62-55(84)63-34-16-18-71(24-34)54-65-50(61-36(28-77)20-32-13-9-6-10-14-32)44-52(67-54)73(30-59-44)38-22-40(48(83)46(38)81)75-42(79)26-69(4-2)57(75)86/h5-14,29-30,33-40,45-48,76-77,80-83H,3-4,15-28H2,1-2H3,(H,60,64,66)(H,61,65,67)(H2,62,63,84)/t33-,34-,35+,36+,37-,38-,39+,40+,45+,46+,47-,48-/m1/s1. The molecule has 4 aromatic heterocycles. The Morgan fingerprint density at radius 3 is 1.34 bits per heavy atom. The number of nitrogens with zero attached hydrogens (tertiary/aromatic N) is 14. The summed E-state index contributed by atoms with van der Waals surface area (Å²) in [5.41, 5.74) is 3.21. The van der Waals surface area contributed by atoms with Crippen LogP contribution in [0.15, 0.2) is 73.3 Å². The van der Waals surface area contributed by atoms with Gasteiger partial charge in [0.1, 0.15) is 37.5 Å². The van der Waals surface area contributed by atoms with Crippen molar-refractivity contribution in [3.8, 4) is 0 Å². The van der Waals surface area contributed by atoms with Crippen molar-refractivity contribution in [1.82, 2.24) is 69.3 Å². The Bertz CT molecular complexity index is 3260. The second-order valence-electron chi connectivity index (χ2n) is 23.1. The maximum Gasteiger partial charge on any atom is 0.327 e. The topological polar surface area (TPSA) is 361 Å². The van der Waals surface area contributed by atoms with Gasteiger partial charge in [0.05, 0.1) is 62.1 Å². The van der Waals surface area contributed by atoms with E-state index in [0.29, 0.717) is 98.9 Å². The van der Waals surface area contributed by atoms with Crippen LogP contribution in [0.5, 0.6) is 0 Å². The van der Waals surface area contributed by atoms with E-state index >= 15 is 0 Å². The van der Waals surface area contributed by atoms with Crippen molar-refractivity contribution in [2.45, 2.75) is 125 Å². The van der Waals surface area contributed by atoms with Gasteiger partial charge in [-0.15, -0.1) is 0 Å². The Kier molecular flexibility index (Phi) is 16.3. The van der Waals surface area contributed by atoms with Crippen molar-refractivity contribution in [2.75, 3.05) is 86.0 Å². The number of aromatic nitrogens is 8. The highest BCUT2D eigenvalue weighted by Crippen LogP contribution is 2.41. The van der Waals surface area contributed by atoms with E-state index in [9.17, 15) is 54.6 Å². The fraction of sp³-hybridized carbons (Fsp3) is 0.526. The van der Waals surface area contributed by atoms with Crippen LogP contribution in [-0.2, 0) is 22.4 Å². The average molecular weight is 1190 g/mol. The maximum absolute atomic E-state index is 13.9. The number of aliphatic hydroxyl groups excluding tert-OH is 6. The summed E-state index contributed by atoms with van der Waals surface area (Å²) in [5.74, 6) is 0.247. The van der Waals surface area contributed by atoms with E-state index < -0.39 is 90.6 Å². The summed E-state index contributed by atoms with van der Waals surface area (Å²) in [7, 11) is 0. The highest BCUT2D eigenvalue weighted by molar-refractivity contribution is 6.03. The minimum atomic E-state index is -1.45. The number of rotatable bonds is 20. The van der Waals surface area contributed by atoms with Crippen molar-refractivity contribution in [3.05, 3.63) is 84.4 Å². The van der Waals surface area contributed by atoms with Crippen molar-refractivity contribution >= 4 is 75.8 Å². The summed E-state index contributed by atoms with van der Waals surface area (Å²) < 4.78 is 3.27. The number of anilines is 4. The molecule has 8 heterocycles. The van der Waals surface area contributed by atoms with Gasteiger partial charge < -0.3 is 80.6 Å². The lowest BCUT2D eigenvalue weighted by Crippen LogP contribution is -2.48. The molecule has 4 aliphatic heterocycles. The van der Waals surface area contributed by atoms with Crippen molar-refractivity contribution < 1.29 is 54.6 Å². The van der Waals surface area contributed by atoms with E-state index in [1.807, 2.05) is 70.5 Å². The zero-order valence-corrected chi connectivity index (χ0v) is 47.7. The van der Waals surface area contributed by atoms with Crippen LogP contribution in [0.4, 0.5) is 37.9 Å². The van der Waals surface area contributed by atoms with Crippen LogP contribution in [-0.4, -0.2) is 245 Å². The van der Waals surface area contributed by atoms with Crippen LogP contribution in [0.3, 0.4) is 0 Å². The number of amides is 8. The minimum Gasteiger partial charge on any atom is -0.394 e. The Hall–Kier alpha value is -8.35. The first-order valence-electron chi connectivity index (χ1n) is 29.5. The van der Waals surface area contributed by atoms with Crippen molar-refractivity contribution in [1.29, 1.82) is 0 Å². The zero-order chi connectivity index (χ0) is 60.1. The van der Waals surface area contributed by atoms with Crippen LogP contribution in [0.1, 0.15) is 62.7 Å². The third-order valence-electron chi connectivity index (χ3n) is 17.7. The molecular formula is C57H72N18O11. The predicted molar refractivity (Wildman–Crippen MR) is 311 cm³/mol. The number of imide groups is 2. The van der Waals surface area contributed by atoms with E-state index in [1.165, 1.54) is 22.5 Å². The molecular weight excluding hydrogens is 1110 g/mol. The van der Waals surface area contributed by atoms with Gasteiger partial charge in [0, 0.05) is 51.4 Å². The molecule has 2 saturated carbocycles. The monoisotopic (exact) mass is 1180 g/mol. The smallest absolute Gasteiger partial charge is 0.327 e. The molecule has 8 amide bonds. The van der Waals surface area contributed by atoms with Gasteiger partial charge in [0.15, 0.2) is 34.0 Å². The molecule has 4 saturated heterocycles. The van der Waals surface area contributed by atoms with Crippen LogP contribution >= 0.6 is 0 Å². The molecule has 86 heavy (non-hydrogen) atoms. The van der Waals surface area contributed by atoms with E-state index in [0.717, 1.165) is 20.9 Å². The number of hydrogen-bond acceptors (Lipinski definition) is 21. The highest BCUT2D eigenvalue weighted by Gasteiger charge is 2.53. The number of hydrogen-bond donors (Lipinski definition) is 10. The average Bonchev–Trinajstić information content (AvgIpc) is 3.24. The molecule has 0 radical (unpaired) electrons. The summed E-state index contributed by atoms with van der Waals surface area (Å²) in [6.07, 6.45) is -0.740. The zero-order valence-electron chi connectivity index (χ0n) is 47.7. The number of fused-ring (bicyclic) bond motifs is 2. The normalized spacial score (nSPS) is 26.8. The van der Waals surface area contributed by atoms with Crippen LogP contribution < -0.4 is 31.1 Å². The van der Waals surface area contributed by atoms with Gasteiger partial charge in [0.2, 0.25) is 11.9 Å². The van der Waals surface area contributed by atoms with Gasteiger partial charge in [-0.05, 0) is 63.5 Å². The lowest BCUT2D eigenvalue weighted by Gasteiger charge is -2.25. The quantitative estimate of drug-likeness (QED) is 0.0442. The Labute approximate surface area is 493 Å². The van der Waals surface area contributed by atoms with Crippen LogP contribution in [0, 0.1) is 0 Å². The first-order valence-corrected chi connectivity index (χ1v) is 29.5. The number of carbonyl (C=O) groups is 5. The lowest BCUT2D eigenvalue weighted by molar-refractivity contribution is -0.129.